The number of hydrogen-bond donors (Lipinski definition) is 2. The van der Waals surface area contributed by atoms with E-state index in [-0.39, 0.29) is 17.4 Å². The lowest BCUT2D eigenvalue weighted by Gasteiger charge is -2.08. The number of thioether (sulfide) groups is 1. The largest absolute Gasteiger partial charge is 0.399 e. The quantitative estimate of drug-likeness (QED) is 0.361. The van der Waals surface area contributed by atoms with E-state index in [0.29, 0.717) is 28.6 Å². The number of ketones is 1. The fourth-order valence-electron chi connectivity index (χ4n) is 2.64. The van der Waals surface area contributed by atoms with Gasteiger partial charge in [-0.15, -0.1) is 10.2 Å². The summed E-state index contributed by atoms with van der Waals surface area (Å²) in [6.45, 7) is 4.20. The van der Waals surface area contributed by atoms with Gasteiger partial charge in [0.25, 0.3) is 0 Å². The zero-order valence-corrected chi connectivity index (χ0v) is 16.5. The molecule has 0 bridgehead atoms. The summed E-state index contributed by atoms with van der Waals surface area (Å²) in [6, 6.07) is 14.3. The average Bonchev–Trinajstić information content (AvgIpc) is 3.10. The summed E-state index contributed by atoms with van der Waals surface area (Å²) in [5, 5.41) is 12.0. The minimum absolute atomic E-state index is 0.00996. The molecule has 3 N–H and O–H groups in total. The smallest absolute Gasteiger partial charge is 0.234 e. The van der Waals surface area contributed by atoms with Gasteiger partial charge in [-0.25, -0.2) is 0 Å². The second-order valence-electron chi connectivity index (χ2n) is 6.14. The SMILES string of the molecule is CCn1c(SCC(=O)Nc2ccc(C(C)=O)cc2)nnc1-c1ccc(N)cc1. The van der Waals surface area contributed by atoms with Crippen LogP contribution < -0.4 is 11.1 Å². The summed E-state index contributed by atoms with van der Waals surface area (Å²) in [5.41, 5.74) is 8.61. The molecule has 3 rings (SSSR count). The van der Waals surface area contributed by atoms with E-state index in [4.69, 9.17) is 5.73 Å². The number of rotatable bonds is 7. The van der Waals surface area contributed by atoms with Gasteiger partial charge >= 0.3 is 0 Å². The highest BCUT2D eigenvalue weighted by molar-refractivity contribution is 7.99. The minimum Gasteiger partial charge on any atom is -0.399 e. The summed E-state index contributed by atoms with van der Waals surface area (Å²) in [6.07, 6.45) is 0. The van der Waals surface area contributed by atoms with Crippen LogP contribution in [-0.2, 0) is 11.3 Å². The monoisotopic (exact) mass is 395 g/mol. The van der Waals surface area contributed by atoms with Gasteiger partial charge in [-0.2, -0.15) is 0 Å². The molecule has 8 heteroatoms. The van der Waals surface area contributed by atoms with E-state index >= 15 is 0 Å². The molecule has 0 unspecified atom stereocenters. The molecule has 0 aliphatic heterocycles. The number of Topliss-reactive ketones (excluding diaryl/α,β-unsaturated/α-hetero) is 1. The standard InChI is InChI=1S/C20H21N5O2S/c1-3-25-19(15-4-8-16(21)9-5-15)23-24-20(25)28-12-18(27)22-17-10-6-14(7-11-17)13(2)26/h4-11H,3,12,21H2,1-2H3,(H,22,27). The Morgan fingerprint density at radius 1 is 1.07 bits per heavy atom. The maximum Gasteiger partial charge on any atom is 0.234 e. The molecule has 0 atom stereocenters. The van der Waals surface area contributed by atoms with Crippen molar-refractivity contribution in [3.8, 4) is 11.4 Å². The fraction of sp³-hybridized carbons (Fsp3) is 0.200. The van der Waals surface area contributed by atoms with Gasteiger partial charge in [0.15, 0.2) is 16.8 Å². The van der Waals surface area contributed by atoms with Crippen LogP contribution in [0.4, 0.5) is 11.4 Å². The molecule has 28 heavy (non-hydrogen) atoms. The van der Waals surface area contributed by atoms with Crippen molar-refractivity contribution in [2.45, 2.75) is 25.5 Å². The van der Waals surface area contributed by atoms with E-state index in [9.17, 15) is 9.59 Å². The zero-order chi connectivity index (χ0) is 20.1. The Hall–Kier alpha value is -3.13. The highest BCUT2D eigenvalue weighted by atomic mass is 32.2. The predicted molar refractivity (Wildman–Crippen MR) is 111 cm³/mol. The number of nitrogens with one attached hydrogen (secondary N) is 1. The fourth-order valence-corrected chi connectivity index (χ4v) is 3.44. The highest BCUT2D eigenvalue weighted by Crippen LogP contribution is 2.24. The molecule has 7 nitrogen and oxygen atoms in total. The first-order chi connectivity index (χ1) is 13.5. The first-order valence-electron chi connectivity index (χ1n) is 8.80. The first-order valence-corrected chi connectivity index (χ1v) is 9.79. The van der Waals surface area contributed by atoms with Gasteiger partial charge in [0, 0.05) is 29.0 Å². The molecule has 0 fully saturated rings. The highest BCUT2D eigenvalue weighted by Gasteiger charge is 2.14. The molecule has 0 aliphatic carbocycles. The Morgan fingerprint density at radius 3 is 2.36 bits per heavy atom. The third-order valence-corrected chi connectivity index (χ3v) is 5.08. The van der Waals surface area contributed by atoms with Crippen molar-refractivity contribution in [3.63, 3.8) is 0 Å². The first kappa shape index (κ1) is 19.6. The van der Waals surface area contributed by atoms with E-state index in [1.807, 2.05) is 35.8 Å². The van der Waals surface area contributed by atoms with Gasteiger partial charge in [0.05, 0.1) is 5.75 Å². The van der Waals surface area contributed by atoms with Crippen molar-refractivity contribution in [1.29, 1.82) is 0 Å². The summed E-state index contributed by atoms with van der Waals surface area (Å²) in [4.78, 5) is 23.6. The van der Waals surface area contributed by atoms with Crippen molar-refractivity contribution in [1.82, 2.24) is 14.8 Å². The average molecular weight is 395 g/mol. The Balaban J connectivity index is 1.64. The Bertz CT molecular complexity index is 981. The molecule has 0 aliphatic rings. The van der Waals surface area contributed by atoms with Crippen LogP contribution in [0, 0.1) is 0 Å². The summed E-state index contributed by atoms with van der Waals surface area (Å²) in [7, 11) is 0. The molecule has 3 aromatic rings. The van der Waals surface area contributed by atoms with Crippen LogP contribution in [-0.4, -0.2) is 32.2 Å². The lowest BCUT2D eigenvalue weighted by Crippen LogP contribution is -2.14. The number of aromatic nitrogens is 3. The molecule has 0 radical (unpaired) electrons. The van der Waals surface area contributed by atoms with Crippen LogP contribution in [0.2, 0.25) is 0 Å². The van der Waals surface area contributed by atoms with E-state index in [1.165, 1.54) is 18.7 Å². The number of nitrogens with two attached hydrogens (primary N) is 1. The van der Waals surface area contributed by atoms with E-state index in [1.54, 1.807) is 24.3 Å². The van der Waals surface area contributed by atoms with Gasteiger partial charge in [-0.05, 0) is 62.4 Å². The van der Waals surface area contributed by atoms with Gasteiger partial charge in [0.2, 0.25) is 5.91 Å². The molecule has 0 saturated carbocycles. The molecule has 0 spiro atoms. The van der Waals surface area contributed by atoms with Crippen LogP contribution in [0.25, 0.3) is 11.4 Å². The van der Waals surface area contributed by atoms with E-state index < -0.39 is 0 Å². The van der Waals surface area contributed by atoms with Crippen LogP contribution in [0.5, 0.6) is 0 Å². The molecule has 144 valence electrons. The minimum atomic E-state index is -0.153. The predicted octanol–water partition coefficient (Wildman–Crippen LogP) is 3.48. The third-order valence-electron chi connectivity index (χ3n) is 4.11. The second-order valence-corrected chi connectivity index (χ2v) is 7.09. The van der Waals surface area contributed by atoms with Crippen molar-refractivity contribution in [3.05, 3.63) is 54.1 Å². The number of amides is 1. The Kier molecular flexibility index (Phi) is 6.10. The number of nitrogens with zero attached hydrogens (tertiary/aromatic N) is 3. The van der Waals surface area contributed by atoms with Crippen molar-refractivity contribution < 1.29 is 9.59 Å². The van der Waals surface area contributed by atoms with Gasteiger partial charge < -0.3 is 15.6 Å². The van der Waals surface area contributed by atoms with Crippen LogP contribution in [0.1, 0.15) is 24.2 Å². The van der Waals surface area contributed by atoms with E-state index in [2.05, 4.69) is 15.5 Å². The topological polar surface area (TPSA) is 103 Å². The van der Waals surface area contributed by atoms with Crippen LogP contribution in [0.15, 0.2) is 53.7 Å². The molecular formula is C20H21N5O2S. The zero-order valence-electron chi connectivity index (χ0n) is 15.7. The molecule has 1 aromatic heterocycles. The molecule has 1 heterocycles. The lowest BCUT2D eigenvalue weighted by molar-refractivity contribution is -0.113. The van der Waals surface area contributed by atoms with Gasteiger partial charge in [-0.3, -0.25) is 9.59 Å². The number of hydrogen-bond acceptors (Lipinski definition) is 6. The van der Waals surface area contributed by atoms with Crippen LogP contribution in [0.3, 0.4) is 0 Å². The lowest BCUT2D eigenvalue weighted by atomic mass is 10.1. The summed E-state index contributed by atoms with van der Waals surface area (Å²) in [5.74, 6) is 0.781. The maximum absolute atomic E-state index is 12.2. The van der Waals surface area contributed by atoms with Crippen LogP contribution >= 0.6 is 11.8 Å². The third kappa shape index (κ3) is 4.58. The number of anilines is 2. The molecule has 0 saturated heterocycles. The van der Waals surface area contributed by atoms with Gasteiger partial charge in [0.1, 0.15) is 0 Å². The number of nitrogen functional groups attached to an aromatic ring is 1. The Morgan fingerprint density at radius 2 is 1.75 bits per heavy atom. The summed E-state index contributed by atoms with van der Waals surface area (Å²) >= 11 is 1.32. The molecule has 1 amide bonds. The number of carbonyl (C=O) groups is 2. The Labute approximate surface area is 167 Å². The number of carbonyl (C=O) groups excluding carboxylic acids is 2. The van der Waals surface area contributed by atoms with Gasteiger partial charge in [-0.1, -0.05) is 11.8 Å². The van der Waals surface area contributed by atoms with E-state index in [0.717, 1.165) is 11.4 Å². The second kappa shape index (κ2) is 8.71. The number of benzene rings is 2. The van der Waals surface area contributed by atoms with Crippen molar-refractivity contribution in [2.75, 3.05) is 16.8 Å². The molecule has 2 aromatic carbocycles. The molecular weight excluding hydrogens is 374 g/mol. The maximum atomic E-state index is 12.2. The summed E-state index contributed by atoms with van der Waals surface area (Å²) < 4.78 is 1.96. The van der Waals surface area contributed by atoms with Crippen molar-refractivity contribution in [2.24, 2.45) is 0 Å². The van der Waals surface area contributed by atoms with Crippen molar-refractivity contribution >= 4 is 34.8 Å². The normalized spacial score (nSPS) is 10.6.